The molecule has 2 atom stereocenters. The summed E-state index contributed by atoms with van der Waals surface area (Å²) in [6.07, 6.45) is 4.41. The van der Waals surface area contributed by atoms with Gasteiger partial charge in [0.15, 0.2) is 0 Å². The van der Waals surface area contributed by atoms with Crippen LogP contribution in [0, 0.1) is 0 Å². The summed E-state index contributed by atoms with van der Waals surface area (Å²) in [4.78, 5) is 18.8. The lowest BCUT2D eigenvalue weighted by Crippen LogP contribution is -2.49. The number of urea groups is 1. The summed E-state index contributed by atoms with van der Waals surface area (Å²) in [5.41, 5.74) is 2.69. The van der Waals surface area contributed by atoms with Crippen LogP contribution in [0.3, 0.4) is 0 Å². The molecule has 132 valence electrons. The number of hydrogen-bond donors (Lipinski definition) is 2. The van der Waals surface area contributed by atoms with Gasteiger partial charge in [-0.2, -0.15) is 5.10 Å². The van der Waals surface area contributed by atoms with Crippen molar-refractivity contribution in [3.8, 4) is 0 Å². The highest BCUT2D eigenvalue weighted by atomic mass is 16.2. The fraction of sp³-hybridized carbons (Fsp3) is 0.500. The third-order valence-electron chi connectivity index (χ3n) is 5.15. The first kappa shape index (κ1) is 15.9. The average Bonchev–Trinajstić information content (AvgIpc) is 3.26. The number of aromatic nitrogens is 3. The second kappa shape index (κ2) is 6.74. The lowest BCUT2D eigenvalue weighted by atomic mass is 10.1. The molecule has 0 unspecified atom stereocenters. The van der Waals surface area contributed by atoms with Crippen LogP contribution in [0.5, 0.6) is 0 Å². The number of anilines is 1. The number of carbonyl (C=O) groups is 1. The summed E-state index contributed by atoms with van der Waals surface area (Å²) in [5.74, 6) is 1.000. The van der Waals surface area contributed by atoms with Crippen LogP contribution in [0.15, 0.2) is 30.6 Å². The van der Waals surface area contributed by atoms with Crippen molar-refractivity contribution in [2.24, 2.45) is 0 Å². The number of fused-ring (bicyclic) bond motifs is 2. The molecule has 2 amide bonds. The number of hydrogen-bond acceptors (Lipinski definition) is 4. The van der Waals surface area contributed by atoms with Gasteiger partial charge in [0.1, 0.15) is 12.2 Å². The largest absolute Gasteiger partial charge is 0.366 e. The Labute approximate surface area is 147 Å². The molecule has 1 aromatic heterocycles. The Hall–Kier alpha value is -2.57. The van der Waals surface area contributed by atoms with Crippen LogP contribution in [-0.2, 0) is 19.4 Å². The van der Waals surface area contributed by atoms with Crippen molar-refractivity contribution in [1.82, 2.24) is 25.4 Å². The van der Waals surface area contributed by atoms with Gasteiger partial charge < -0.3 is 15.5 Å². The van der Waals surface area contributed by atoms with Crippen molar-refractivity contribution in [2.45, 2.75) is 44.8 Å². The summed E-state index contributed by atoms with van der Waals surface area (Å²) in [5, 5.41) is 10.3. The van der Waals surface area contributed by atoms with Gasteiger partial charge in [-0.15, -0.1) is 0 Å². The van der Waals surface area contributed by atoms with Crippen molar-refractivity contribution in [3.63, 3.8) is 0 Å². The molecule has 0 bridgehead atoms. The van der Waals surface area contributed by atoms with Crippen LogP contribution < -0.4 is 15.5 Å². The predicted octanol–water partition coefficient (Wildman–Crippen LogP) is 1.34. The molecule has 7 heteroatoms. The Morgan fingerprint density at radius 3 is 3.16 bits per heavy atom. The van der Waals surface area contributed by atoms with Crippen LogP contribution in [0.25, 0.3) is 0 Å². The maximum Gasteiger partial charge on any atom is 0.315 e. The van der Waals surface area contributed by atoms with E-state index in [1.54, 1.807) is 6.33 Å². The minimum atomic E-state index is -0.104. The van der Waals surface area contributed by atoms with E-state index in [9.17, 15) is 4.79 Å². The topological polar surface area (TPSA) is 75.1 Å². The zero-order chi connectivity index (χ0) is 17.2. The van der Waals surface area contributed by atoms with Crippen molar-refractivity contribution >= 4 is 11.7 Å². The van der Waals surface area contributed by atoms with E-state index in [0.717, 1.165) is 31.6 Å². The molecule has 7 nitrogen and oxygen atoms in total. The number of aryl methyl sites for hydroxylation is 1. The normalized spacial score (nSPS) is 19.9. The average molecular weight is 340 g/mol. The number of nitrogens with one attached hydrogen (secondary N) is 2. The quantitative estimate of drug-likeness (QED) is 0.881. The zero-order valence-corrected chi connectivity index (χ0v) is 14.5. The Morgan fingerprint density at radius 2 is 2.24 bits per heavy atom. The first-order valence-electron chi connectivity index (χ1n) is 8.96. The van der Waals surface area contributed by atoms with Gasteiger partial charge in [0, 0.05) is 31.2 Å². The molecule has 2 aromatic rings. The molecular formula is C18H24N6O. The van der Waals surface area contributed by atoms with Gasteiger partial charge >= 0.3 is 6.03 Å². The van der Waals surface area contributed by atoms with Gasteiger partial charge in [0.25, 0.3) is 0 Å². The first-order chi connectivity index (χ1) is 12.2. The van der Waals surface area contributed by atoms with Crippen molar-refractivity contribution in [1.29, 1.82) is 0 Å². The van der Waals surface area contributed by atoms with E-state index in [1.807, 2.05) is 4.68 Å². The van der Waals surface area contributed by atoms with Crippen LogP contribution in [0.4, 0.5) is 10.5 Å². The Morgan fingerprint density at radius 1 is 1.36 bits per heavy atom. The Balaban J connectivity index is 1.27. The Kier molecular flexibility index (Phi) is 4.29. The summed E-state index contributed by atoms with van der Waals surface area (Å²) in [7, 11) is 0. The highest BCUT2D eigenvalue weighted by Gasteiger charge is 2.24. The van der Waals surface area contributed by atoms with E-state index < -0.39 is 0 Å². The molecule has 2 N–H and O–H groups in total. The van der Waals surface area contributed by atoms with Gasteiger partial charge in [-0.1, -0.05) is 18.2 Å². The summed E-state index contributed by atoms with van der Waals surface area (Å²) in [6.45, 7) is 4.49. The molecule has 4 rings (SSSR count). The molecule has 0 aliphatic carbocycles. The SMILES string of the molecule is C[C@H](CNC(=O)N[C@H]1CCc2ncnn2C1)N1CCc2ccccc21. The molecule has 25 heavy (non-hydrogen) atoms. The molecule has 0 radical (unpaired) electrons. The summed E-state index contributed by atoms with van der Waals surface area (Å²) >= 11 is 0. The molecule has 3 heterocycles. The van der Waals surface area contributed by atoms with Crippen molar-refractivity contribution < 1.29 is 4.79 Å². The molecule has 0 fully saturated rings. The smallest absolute Gasteiger partial charge is 0.315 e. The molecular weight excluding hydrogens is 316 g/mol. The molecule has 0 saturated carbocycles. The van der Waals surface area contributed by atoms with Crippen LogP contribution in [0.1, 0.15) is 24.7 Å². The van der Waals surface area contributed by atoms with Crippen molar-refractivity contribution in [2.75, 3.05) is 18.0 Å². The van der Waals surface area contributed by atoms with Gasteiger partial charge in [-0.3, -0.25) is 0 Å². The third-order valence-corrected chi connectivity index (χ3v) is 5.15. The standard InChI is InChI=1S/C18H24N6O/c1-13(23-9-8-14-4-2-3-5-16(14)23)10-19-18(25)22-15-6-7-17-20-12-21-24(17)11-15/h2-5,12-13,15H,6-11H2,1H3,(H2,19,22,25)/t13-,15+/m1/s1. The maximum atomic E-state index is 12.2. The van der Waals surface area contributed by atoms with Crippen LogP contribution in [-0.4, -0.2) is 46.0 Å². The summed E-state index contributed by atoms with van der Waals surface area (Å²) in [6, 6.07) is 8.78. The fourth-order valence-electron chi connectivity index (χ4n) is 3.76. The lowest BCUT2D eigenvalue weighted by molar-refractivity contribution is 0.231. The third kappa shape index (κ3) is 3.31. The highest BCUT2D eigenvalue weighted by Crippen LogP contribution is 2.28. The van der Waals surface area contributed by atoms with E-state index in [-0.39, 0.29) is 18.1 Å². The maximum absolute atomic E-state index is 12.2. The molecule has 0 spiro atoms. The second-order valence-corrected chi connectivity index (χ2v) is 6.87. The number of nitrogens with zero attached hydrogens (tertiary/aromatic N) is 4. The molecule has 2 aliphatic heterocycles. The van der Waals surface area contributed by atoms with E-state index in [4.69, 9.17) is 0 Å². The van der Waals surface area contributed by atoms with E-state index in [2.05, 4.69) is 56.8 Å². The number of rotatable bonds is 4. The van der Waals surface area contributed by atoms with E-state index >= 15 is 0 Å². The minimum Gasteiger partial charge on any atom is -0.366 e. The molecule has 0 saturated heterocycles. The van der Waals surface area contributed by atoms with Gasteiger partial charge in [-0.25, -0.2) is 14.5 Å². The monoisotopic (exact) mass is 340 g/mol. The number of amides is 2. The molecule has 2 aliphatic rings. The lowest BCUT2D eigenvalue weighted by Gasteiger charge is -2.28. The zero-order valence-electron chi connectivity index (χ0n) is 14.5. The molecule has 1 aromatic carbocycles. The van der Waals surface area contributed by atoms with Gasteiger partial charge in [0.05, 0.1) is 12.6 Å². The number of carbonyl (C=O) groups excluding carboxylic acids is 1. The van der Waals surface area contributed by atoms with Crippen molar-refractivity contribution in [3.05, 3.63) is 42.0 Å². The highest BCUT2D eigenvalue weighted by molar-refractivity contribution is 5.74. The van der Waals surface area contributed by atoms with Crippen LogP contribution in [0.2, 0.25) is 0 Å². The predicted molar refractivity (Wildman–Crippen MR) is 95.6 cm³/mol. The number of benzene rings is 1. The fourth-order valence-corrected chi connectivity index (χ4v) is 3.76. The second-order valence-electron chi connectivity index (χ2n) is 6.87. The minimum absolute atomic E-state index is 0.104. The van der Waals surface area contributed by atoms with Gasteiger partial charge in [0.2, 0.25) is 0 Å². The number of para-hydroxylation sites is 1. The van der Waals surface area contributed by atoms with Gasteiger partial charge in [-0.05, 0) is 31.4 Å². The first-order valence-corrected chi connectivity index (χ1v) is 8.96. The van der Waals surface area contributed by atoms with E-state index in [1.165, 1.54) is 11.3 Å². The summed E-state index contributed by atoms with van der Waals surface area (Å²) < 4.78 is 1.87. The van der Waals surface area contributed by atoms with Crippen LogP contribution >= 0.6 is 0 Å². The Bertz CT molecular complexity index is 758. The van der Waals surface area contributed by atoms with E-state index in [0.29, 0.717) is 13.1 Å².